The zero-order valence-corrected chi connectivity index (χ0v) is 17.2. The molecule has 2 fully saturated rings. The number of aryl methyl sites for hydroxylation is 1. The van der Waals surface area contributed by atoms with Crippen LogP contribution in [0.4, 0.5) is 5.82 Å². The summed E-state index contributed by atoms with van der Waals surface area (Å²) in [6.45, 7) is 5.81. The third-order valence-corrected chi connectivity index (χ3v) is 6.03. The molecule has 8 heteroatoms. The Labute approximate surface area is 170 Å². The number of carbonyl (C=O) groups is 2. The zero-order valence-electron chi connectivity index (χ0n) is 17.2. The number of rotatable bonds is 8. The molecule has 0 spiro atoms. The average molecular weight is 399 g/mol. The van der Waals surface area contributed by atoms with Crippen molar-refractivity contribution >= 4 is 17.6 Å². The normalized spacial score (nSPS) is 23.7. The number of carbonyl (C=O) groups excluding carboxylic acids is 2. The lowest BCUT2D eigenvalue weighted by molar-refractivity contribution is -0.126. The minimum Gasteiger partial charge on any atom is -0.361 e. The molecule has 0 aromatic carbocycles. The van der Waals surface area contributed by atoms with E-state index in [1.807, 2.05) is 26.8 Å². The number of hydrogen-bond acceptors (Lipinski definition) is 5. The fourth-order valence-electron chi connectivity index (χ4n) is 4.61. The number of anilines is 1. The van der Waals surface area contributed by atoms with Crippen molar-refractivity contribution in [1.29, 1.82) is 0 Å². The van der Waals surface area contributed by atoms with Gasteiger partial charge < -0.3 is 15.2 Å². The first-order chi connectivity index (χ1) is 13.8. The van der Waals surface area contributed by atoms with E-state index in [1.165, 1.54) is 12.8 Å². The monoisotopic (exact) mass is 399 g/mol. The predicted octanol–water partition coefficient (Wildman–Crippen LogP) is 3.08. The molecular formula is C21H29N5O3. The second-order valence-corrected chi connectivity index (χ2v) is 9.01. The Morgan fingerprint density at radius 1 is 1.28 bits per heavy atom. The molecule has 0 radical (unpaired) electrons. The standard InChI is InChI=1S/C21H29N5O3/c1-12(2)22-20(28)11-21(15-4-5-15)9-14(10-21)17-8-18(25-24-17)23-19(27)7-16-6-13(3)26-29-16/h6,8,12,14-15H,4-5,7,9-11H2,1-3H3,(H,22,28)(H2,23,24,25,27). The van der Waals surface area contributed by atoms with Crippen LogP contribution in [0.25, 0.3) is 0 Å². The summed E-state index contributed by atoms with van der Waals surface area (Å²) in [5, 5.41) is 16.9. The Morgan fingerprint density at radius 2 is 2.03 bits per heavy atom. The van der Waals surface area contributed by atoms with Gasteiger partial charge in [-0.3, -0.25) is 14.7 Å². The van der Waals surface area contributed by atoms with E-state index in [0.29, 0.717) is 29.8 Å². The van der Waals surface area contributed by atoms with Crippen LogP contribution >= 0.6 is 0 Å². The summed E-state index contributed by atoms with van der Waals surface area (Å²) < 4.78 is 5.08. The van der Waals surface area contributed by atoms with Crippen molar-refractivity contribution in [2.45, 2.75) is 71.3 Å². The first kappa shape index (κ1) is 19.7. The molecule has 156 valence electrons. The van der Waals surface area contributed by atoms with Crippen LogP contribution in [0, 0.1) is 18.3 Å². The SMILES string of the molecule is Cc1cc(CC(=O)Nc2cc(C3CC(CC(=O)NC(C)C)(C4CC4)C3)[nH]n2)on1. The van der Waals surface area contributed by atoms with Gasteiger partial charge in [-0.2, -0.15) is 5.10 Å². The van der Waals surface area contributed by atoms with Crippen molar-refractivity contribution in [2.75, 3.05) is 5.32 Å². The van der Waals surface area contributed by atoms with E-state index in [9.17, 15) is 9.59 Å². The van der Waals surface area contributed by atoms with E-state index < -0.39 is 0 Å². The predicted molar refractivity (Wildman–Crippen MR) is 107 cm³/mol. The lowest BCUT2D eigenvalue weighted by Crippen LogP contribution is -2.43. The van der Waals surface area contributed by atoms with Crippen molar-refractivity contribution in [3.05, 3.63) is 29.3 Å². The van der Waals surface area contributed by atoms with Gasteiger partial charge in [-0.05, 0) is 57.8 Å². The van der Waals surface area contributed by atoms with Crippen LogP contribution in [0.1, 0.15) is 69.0 Å². The number of hydrogen-bond donors (Lipinski definition) is 3. The van der Waals surface area contributed by atoms with Crippen molar-refractivity contribution in [3.63, 3.8) is 0 Å². The Bertz CT molecular complexity index is 890. The maximum Gasteiger partial charge on any atom is 0.233 e. The van der Waals surface area contributed by atoms with E-state index >= 15 is 0 Å². The largest absolute Gasteiger partial charge is 0.361 e. The topological polar surface area (TPSA) is 113 Å². The van der Waals surface area contributed by atoms with Crippen LogP contribution < -0.4 is 10.6 Å². The molecular weight excluding hydrogens is 370 g/mol. The summed E-state index contributed by atoms with van der Waals surface area (Å²) in [5.41, 5.74) is 1.90. The number of H-pyrrole nitrogens is 1. The number of aromatic nitrogens is 3. The van der Waals surface area contributed by atoms with Crippen molar-refractivity contribution in [3.8, 4) is 0 Å². The third-order valence-electron chi connectivity index (χ3n) is 6.03. The molecule has 3 N–H and O–H groups in total. The van der Waals surface area contributed by atoms with Crippen molar-refractivity contribution in [1.82, 2.24) is 20.7 Å². The smallest absolute Gasteiger partial charge is 0.233 e. The van der Waals surface area contributed by atoms with Crippen molar-refractivity contribution in [2.24, 2.45) is 11.3 Å². The van der Waals surface area contributed by atoms with Gasteiger partial charge in [0.25, 0.3) is 0 Å². The highest BCUT2D eigenvalue weighted by atomic mass is 16.5. The summed E-state index contributed by atoms with van der Waals surface area (Å²) in [5.74, 6) is 2.05. The van der Waals surface area contributed by atoms with E-state index in [4.69, 9.17) is 4.52 Å². The highest BCUT2D eigenvalue weighted by Crippen LogP contribution is 2.63. The van der Waals surface area contributed by atoms with Gasteiger partial charge in [0.2, 0.25) is 11.8 Å². The molecule has 0 atom stereocenters. The lowest BCUT2D eigenvalue weighted by Gasteiger charge is -2.48. The van der Waals surface area contributed by atoms with Crippen molar-refractivity contribution < 1.29 is 14.1 Å². The van der Waals surface area contributed by atoms with Gasteiger partial charge in [0, 0.05) is 36.2 Å². The molecule has 2 aliphatic carbocycles. The zero-order chi connectivity index (χ0) is 20.6. The maximum atomic E-state index is 12.3. The molecule has 2 aliphatic rings. The molecule has 29 heavy (non-hydrogen) atoms. The molecule has 0 aliphatic heterocycles. The first-order valence-corrected chi connectivity index (χ1v) is 10.4. The minimum atomic E-state index is -0.189. The fraction of sp³-hybridized carbons (Fsp3) is 0.619. The van der Waals surface area contributed by atoms with E-state index in [-0.39, 0.29) is 29.7 Å². The van der Waals surface area contributed by atoms with Gasteiger partial charge in [-0.1, -0.05) is 5.16 Å². The van der Waals surface area contributed by atoms with Gasteiger partial charge in [0.1, 0.15) is 5.76 Å². The number of aromatic amines is 1. The summed E-state index contributed by atoms with van der Waals surface area (Å²) in [7, 11) is 0. The molecule has 2 aromatic heterocycles. The van der Waals surface area contributed by atoms with Crippen LogP contribution in [0.2, 0.25) is 0 Å². The van der Waals surface area contributed by atoms with Crippen LogP contribution in [0.15, 0.2) is 16.7 Å². The average Bonchev–Trinajstić information content (AvgIpc) is 3.23. The first-order valence-electron chi connectivity index (χ1n) is 10.4. The second-order valence-electron chi connectivity index (χ2n) is 9.01. The van der Waals surface area contributed by atoms with Crippen LogP contribution in [-0.4, -0.2) is 33.2 Å². The Kier molecular flexibility index (Phi) is 5.19. The van der Waals surface area contributed by atoms with E-state index in [1.54, 1.807) is 6.07 Å². The van der Waals surface area contributed by atoms with E-state index in [2.05, 4.69) is 26.0 Å². The van der Waals surface area contributed by atoms with Crippen LogP contribution in [-0.2, 0) is 16.0 Å². The number of nitrogens with zero attached hydrogens (tertiary/aromatic N) is 2. The van der Waals surface area contributed by atoms with Crippen LogP contribution in [0.5, 0.6) is 0 Å². The minimum absolute atomic E-state index is 0.127. The molecule has 2 aromatic rings. The Balaban J connectivity index is 1.32. The highest BCUT2D eigenvalue weighted by molar-refractivity contribution is 5.91. The second kappa shape index (κ2) is 7.65. The summed E-state index contributed by atoms with van der Waals surface area (Å²) in [6, 6.07) is 3.82. The quantitative estimate of drug-likeness (QED) is 0.631. The molecule has 0 saturated heterocycles. The van der Waals surface area contributed by atoms with Gasteiger partial charge >= 0.3 is 0 Å². The molecule has 8 nitrogen and oxygen atoms in total. The number of nitrogens with one attached hydrogen (secondary N) is 3. The van der Waals surface area contributed by atoms with Gasteiger partial charge in [-0.15, -0.1) is 0 Å². The fourth-order valence-corrected chi connectivity index (χ4v) is 4.61. The molecule has 2 heterocycles. The highest BCUT2D eigenvalue weighted by Gasteiger charge is 2.54. The van der Waals surface area contributed by atoms with Gasteiger partial charge in [-0.25, -0.2) is 0 Å². The molecule has 0 bridgehead atoms. The Hall–Kier alpha value is -2.64. The molecule has 2 amide bonds. The number of amides is 2. The summed E-state index contributed by atoms with van der Waals surface area (Å²) in [6.07, 6.45) is 5.19. The maximum absolute atomic E-state index is 12.3. The summed E-state index contributed by atoms with van der Waals surface area (Å²) in [4.78, 5) is 24.5. The van der Waals surface area contributed by atoms with Gasteiger partial charge in [0.05, 0.1) is 12.1 Å². The van der Waals surface area contributed by atoms with E-state index in [0.717, 1.165) is 24.2 Å². The molecule has 4 rings (SSSR count). The summed E-state index contributed by atoms with van der Waals surface area (Å²) >= 11 is 0. The van der Waals surface area contributed by atoms with Crippen LogP contribution in [0.3, 0.4) is 0 Å². The van der Waals surface area contributed by atoms with Gasteiger partial charge in [0.15, 0.2) is 5.82 Å². The molecule has 2 saturated carbocycles. The molecule has 0 unspecified atom stereocenters. The Morgan fingerprint density at radius 3 is 2.66 bits per heavy atom. The lowest BCUT2D eigenvalue weighted by atomic mass is 9.56. The third kappa shape index (κ3) is 4.52.